The Balaban J connectivity index is 1.64. The molecule has 0 radical (unpaired) electrons. The molecule has 2 N–H and O–H groups in total. The molecule has 0 saturated heterocycles. The lowest BCUT2D eigenvalue weighted by atomic mass is 10.1. The van der Waals surface area contributed by atoms with Crippen LogP contribution in [0.1, 0.15) is 16.8 Å². The van der Waals surface area contributed by atoms with Gasteiger partial charge in [0.15, 0.2) is 16.6 Å². The molecule has 0 amide bonds. The predicted octanol–water partition coefficient (Wildman–Crippen LogP) is 6.09. The summed E-state index contributed by atoms with van der Waals surface area (Å²) in [6.07, 6.45) is 0.731. The summed E-state index contributed by atoms with van der Waals surface area (Å²) in [6, 6.07) is 16.0. The largest absolute Gasteiger partial charge is 0.497 e. The van der Waals surface area contributed by atoms with Crippen LogP contribution in [-0.4, -0.2) is 50.0 Å². The van der Waals surface area contributed by atoms with E-state index in [1.807, 2.05) is 30.3 Å². The Kier molecular flexibility index (Phi) is 8.58. The normalized spacial score (nSPS) is 10.8. The highest BCUT2D eigenvalue weighted by Gasteiger charge is 2.18. The van der Waals surface area contributed by atoms with E-state index in [9.17, 15) is 4.39 Å². The molecule has 4 rings (SSSR count). The number of nitrogens with zero attached hydrogens (tertiary/aromatic N) is 1. The van der Waals surface area contributed by atoms with E-state index in [-0.39, 0.29) is 5.82 Å². The van der Waals surface area contributed by atoms with Crippen molar-refractivity contribution in [2.24, 2.45) is 0 Å². The van der Waals surface area contributed by atoms with E-state index in [4.69, 9.17) is 31.2 Å². The molecule has 0 unspecified atom stereocenters. The maximum absolute atomic E-state index is 13.5. The van der Waals surface area contributed by atoms with Crippen LogP contribution in [0.25, 0.3) is 10.9 Å². The zero-order valence-corrected chi connectivity index (χ0v) is 23.0. The third-order valence-corrected chi connectivity index (χ3v) is 6.80. The van der Waals surface area contributed by atoms with Crippen LogP contribution in [0.4, 0.5) is 10.1 Å². The van der Waals surface area contributed by atoms with Gasteiger partial charge in [-0.2, -0.15) is 0 Å². The van der Waals surface area contributed by atoms with Crippen LogP contribution in [0.5, 0.6) is 23.0 Å². The molecule has 3 aromatic carbocycles. The summed E-state index contributed by atoms with van der Waals surface area (Å²) in [7, 11) is 6.42. The summed E-state index contributed by atoms with van der Waals surface area (Å²) < 4.78 is 35.5. The zero-order valence-electron chi connectivity index (χ0n) is 22.2. The number of thiocarbonyl (C=S) groups is 1. The molecular formula is C29H32FN3O4S. The third kappa shape index (κ3) is 5.94. The number of methoxy groups -OCH3 is 4. The van der Waals surface area contributed by atoms with E-state index in [1.165, 1.54) is 17.7 Å². The van der Waals surface area contributed by atoms with Crippen molar-refractivity contribution in [2.75, 3.05) is 40.3 Å². The Bertz CT molecular complexity index is 1400. The maximum Gasteiger partial charge on any atom is 0.203 e. The Hall–Kier alpha value is -3.98. The first-order valence-corrected chi connectivity index (χ1v) is 12.5. The van der Waals surface area contributed by atoms with Crippen molar-refractivity contribution in [2.45, 2.75) is 19.9 Å². The number of aromatic nitrogens is 1. The molecule has 4 aromatic rings. The molecule has 1 aromatic heterocycles. The first-order valence-electron chi connectivity index (χ1n) is 12.1. The topological polar surface area (TPSA) is 68.0 Å². The fourth-order valence-corrected chi connectivity index (χ4v) is 4.77. The van der Waals surface area contributed by atoms with Crippen LogP contribution in [0.15, 0.2) is 54.6 Å². The number of anilines is 1. The monoisotopic (exact) mass is 537 g/mol. The van der Waals surface area contributed by atoms with Gasteiger partial charge in [0.05, 0.1) is 28.4 Å². The summed E-state index contributed by atoms with van der Waals surface area (Å²) in [6.45, 7) is 3.17. The van der Waals surface area contributed by atoms with Crippen molar-refractivity contribution in [1.29, 1.82) is 0 Å². The van der Waals surface area contributed by atoms with Gasteiger partial charge < -0.3 is 34.1 Å². The first kappa shape index (κ1) is 27.1. The van der Waals surface area contributed by atoms with Crippen molar-refractivity contribution in [3.8, 4) is 23.0 Å². The zero-order chi connectivity index (χ0) is 27.2. The molecule has 38 heavy (non-hydrogen) atoms. The van der Waals surface area contributed by atoms with E-state index < -0.39 is 0 Å². The lowest BCUT2D eigenvalue weighted by Gasteiger charge is -2.27. The number of H-pyrrole nitrogens is 1. The second kappa shape index (κ2) is 12.0. The summed E-state index contributed by atoms with van der Waals surface area (Å²) in [5, 5.41) is 4.88. The molecule has 1 heterocycles. The number of benzene rings is 3. The molecule has 0 bridgehead atoms. The summed E-state index contributed by atoms with van der Waals surface area (Å²) in [4.78, 5) is 5.53. The Morgan fingerprint density at radius 3 is 2.21 bits per heavy atom. The van der Waals surface area contributed by atoms with Gasteiger partial charge in [0.25, 0.3) is 0 Å². The minimum atomic E-state index is -0.305. The highest BCUT2D eigenvalue weighted by atomic mass is 32.1. The molecule has 0 aliphatic heterocycles. The first-order chi connectivity index (χ1) is 18.4. The number of rotatable bonds is 10. The van der Waals surface area contributed by atoms with E-state index >= 15 is 0 Å². The number of ether oxygens (including phenoxy) is 4. The van der Waals surface area contributed by atoms with Crippen LogP contribution in [0.2, 0.25) is 0 Å². The van der Waals surface area contributed by atoms with Crippen LogP contribution in [0, 0.1) is 12.7 Å². The van der Waals surface area contributed by atoms with Gasteiger partial charge in [0.1, 0.15) is 11.6 Å². The van der Waals surface area contributed by atoms with Gasteiger partial charge in [0, 0.05) is 35.4 Å². The second-order valence-electron chi connectivity index (χ2n) is 8.78. The number of hydrogen-bond acceptors (Lipinski definition) is 5. The smallest absolute Gasteiger partial charge is 0.203 e. The highest BCUT2D eigenvalue weighted by Crippen LogP contribution is 2.38. The fourth-order valence-electron chi connectivity index (χ4n) is 4.49. The number of fused-ring (bicyclic) bond motifs is 1. The van der Waals surface area contributed by atoms with Gasteiger partial charge in [-0.15, -0.1) is 0 Å². The molecule has 7 nitrogen and oxygen atoms in total. The number of aryl methyl sites for hydroxylation is 1. The number of nitrogens with one attached hydrogen (secondary N) is 2. The lowest BCUT2D eigenvalue weighted by molar-refractivity contribution is 0.322. The van der Waals surface area contributed by atoms with Gasteiger partial charge in [-0.05, 0) is 91.3 Å². The van der Waals surface area contributed by atoms with Crippen molar-refractivity contribution in [3.05, 3.63) is 77.2 Å². The molecule has 9 heteroatoms. The Labute approximate surface area is 227 Å². The van der Waals surface area contributed by atoms with Gasteiger partial charge in [-0.1, -0.05) is 0 Å². The SMILES string of the molecule is COc1ccc2[nH]c(C)c(CCN(Cc3cc(OC)c(OC)c(OC)c3)C(=S)Nc3ccc(F)cc3)c2c1. The minimum absolute atomic E-state index is 0.305. The highest BCUT2D eigenvalue weighted by molar-refractivity contribution is 7.80. The fraction of sp³-hybridized carbons (Fsp3) is 0.276. The molecule has 0 spiro atoms. The van der Waals surface area contributed by atoms with Crippen LogP contribution >= 0.6 is 12.2 Å². The molecule has 0 saturated carbocycles. The molecule has 0 aliphatic rings. The number of aromatic amines is 1. The maximum atomic E-state index is 13.5. The summed E-state index contributed by atoms with van der Waals surface area (Å²) >= 11 is 5.83. The lowest BCUT2D eigenvalue weighted by Crippen LogP contribution is -2.36. The standard InChI is InChI=1S/C29H32FN3O4S/c1-18-23(24-16-22(34-2)10-11-25(24)31-18)12-13-33(29(38)32-21-8-6-20(30)7-9-21)17-19-14-26(35-3)28(37-5)27(15-19)36-4/h6-11,14-16,31H,12-13,17H2,1-5H3,(H,32,38). The van der Waals surface area contributed by atoms with Crippen LogP contribution in [-0.2, 0) is 13.0 Å². The Morgan fingerprint density at radius 1 is 0.921 bits per heavy atom. The number of halogens is 1. The number of hydrogen-bond donors (Lipinski definition) is 2. The predicted molar refractivity (Wildman–Crippen MR) is 152 cm³/mol. The third-order valence-electron chi connectivity index (χ3n) is 6.44. The van der Waals surface area contributed by atoms with Crippen LogP contribution in [0.3, 0.4) is 0 Å². The average Bonchev–Trinajstić information content (AvgIpc) is 3.25. The van der Waals surface area contributed by atoms with Gasteiger partial charge in [-0.3, -0.25) is 0 Å². The summed E-state index contributed by atoms with van der Waals surface area (Å²) in [5.74, 6) is 2.17. The van der Waals surface area contributed by atoms with Crippen molar-refractivity contribution in [3.63, 3.8) is 0 Å². The molecule has 0 atom stereocenters. The molecule has 200 valence electrons. The van der Waals surface area contributed by atoms with Gasteiger partial charge in [-0.25, -0.2) is 4.39 Å². The second-order valence-corrected chi connectivity index (χ2v) is 9.17. The van der Waals surface area contributed by atoms with Crippen molar-refractivity contribution in [1.82, 2.24) is 9.88 Å². The van der Waals surface area contributed by atoms with E-state index in [0.29, 0.717) is 41.1 Å². The molecule has 0 aliphatic carbocycles. The van der Waals surface area contributed by atoms with E-state index in [1.54, 1.807) is 40.6 Å². The quantitative estimate of drug-likeness (QED) is 0.237. The van der Waals surface area contributed by atoms with Crippen LogP contribution < -0.4 is 24.3 Å². The summed E-state index contributed by atoms with van der Waals surface area (Å²) in [5.41, 5.74) is 4.98. The van der Waals surface area contributed by atoms with E-state index in [2.05, 4.69) is 22.1 Å². The van der Waals surface area contributed by atoms with Gasteiger partial charge in [0.2, 0.25) is 5.75 Å². The van der Waals surface area contributed by atoms with Crippen molar-refractivity contribution >= 4 is 33.9 Å². The van der Waals surface area contributed by atoms with Gasteiger partial charge >= 0.3 is 0 Å². The van der Waals surface area contributed by atoms with E-state index in [0.717, 1.165) is 34.3 Å². The Morgan fingerprint density at radius 2 is 1.61 bits per heavy atom. The average molecular weight is 538 g/mol. The molecule has 0 fully saturated rings. The van der Waals surface area contributed by atoms with Crippen molar-refractivity contribution < 1.29 is 23.3 Å². The molecular weight excluding hydrogens is 505 g/mol. The minimum Gasteiger partial charge on any atom is -0.497 e.